The largest absolute Gasteiger partial charge is 0.370 e. The van der Waals surface area contributed by atoms with Crippen molar-refractivity contribution in [3.8, 4) is 0 Å². The second-order valence-electron chi connectivity index (χ2n) is 3.45. The standard InChI is InChI=1S/C11H17N5/c1-8-4-2-3-5-9(8)6-7-15-11(14)16-10(12)13/h2-5H,6-7H2,1H3,(H6,12,13,14,15,16). The molecule has 0 radical (unpaired) electrons. The molecule has 16 heavy (non-hydrogen) atoms. The molecule has 5 nitrogen and oxygen atoms in total. The SMILES string of the molecule is Cc1ccccc1CCN=C(N)N=C(N)N. The molecule has 6 N–H and O–H groups in total. The summed E-state index contributed by atoms with van der Waals surface area (Å²) >= 11 is 0. The maximum Gasteiger partial charge on any atom is 0.218 e. The fourth-order valence-corrected chi connectivity index (χ4v) is 1.35. The smallest absolute Gasteiger partial charge is 0.218 e. The van der Waals surface area contributed by atoms with Gasteiger partial charge >= 0.3 is 0 Å². The van der Waals surface area contributed by atoms with Crippen LogP contribution in [0, 0.1) is 6.92 Å². The molecule has 86 valence electrons. The van der Waals surface area contributed by atoms with E-state index in [0.717, 1.165) is 6.42 Å². The van der Waals surface area contributed by atoms with Crippen LogP contribution in [0.25, 0.3) is 0 Å². The zero-order chi connectivity index (χ0) is 12.0. The van der Waals surface area contributed by atoms with Gasteiger partial charge in [-0.05, 0) is 24.5 Å². The molecule has 0 saturated heterocycles. The van der Waals surface area contributed by atoms with E-state index in [9.17, 15) is 0 Å². The molecule has 0 fully saturated rings. The first kappa shape index (κ1) is 12.0. The summed E-state index contributed by atoms with van der Waals surface area (Å²) in [7, 11) is 0. The van der Waals surface area contributed by atoms with Gasteiger partial charge in [-0.3, -0.25) is 4.99 Å². The third-order valence-electron chi connectivity index (χ3n) is 2.16. The van der Waals surface area contributed by atoms with Gasteiger partial charge in [-0.1, -0.05) is 24.3 Å². The molecule has 0 spiro atoms. The number of benzene rings is 1. The van der Waals surface area contributed by atoms with Crippen LogP contribution >= 0.6 is 0 Å². The normalized spacial score (nSPS) is 11.2. The highest BCUT2D eigenvalue weighted by Gasteiger charge is 1.96. The Morgan fingerprint density at radius 3 is 2.50 bits per heavy atom. The molecule has 1 rings (SSSR count). The van der Waals surface area contributed by atoms with Crippen LogP contribution in [0.15, 0.2) is 34.3 Å². The van der Waals surface area contributed by atoms with Gasteiger partial charge in [-0.25, -0.2) is 0 Å². The molecule has 1 aromatic rings. The van der Waals surface area contributed by atoms with E-state index in [1.165, 1.54) is 11.1 Å². The molecule has 0 unspecified atom stereocenters. The average Bonchev–Trinajstić information content (AvgIpc) is 2.19. The molecular formula is C11H17N5. The average molecular weight is 219 g/mol. The molecule has 0 atom stereocenters. The summed E-state index contributed by atoms with van der Waals surface area (Å²) in [5, 5.41) is 0. The molecular weight excluding hydrogens is 202 g/mol. The molecule has 1 aromatic carbocycles. The Kier molecular flexibility index (Phi) is 4.32. The van der Waals surface area contributed by atoms with E-state index in [1.54, 1.807) is 0 Å². The lowest BCUT2D eigenvalue weighted by Gasteiger charge is -2.02. The molecule has 0 bridgehead atoms. The van der Waals surface area contributed by atoms with Gasteiger partial charge in [0.15, 0.2) is 5.96 Å². The summed E-state index contributed by atoms with van der Waals surface area (Å²) < 4.78 is 0. The molecule has 0 saturated carbocycles. The van der Waals surface area contributed by atoms with Crippen molar-refractivity contribution in [2.75, 3.05) is 6.54 Å². The van der Waals surface area contributed by atoms with Gasteiger partial charge in [-0.2, -0.15) is 4.99 Å². The third kappa shape index (κ3) is 4.00. The van der Waals surface area contributed by atoms with Gasteiger partial charge in [0, 0.05) is 6.54 Å². The van der Waals surface area contributed by atoms with Crippen molar-refractivity contribution in [3.63, 3.8) is 0 Å². The number of rotatable bonds is 3. The summed E-state index contributed by atoms with van der Waals surface area (Å²) in [6, 6.07) is 8.15. The minimum Gasteiger partial charge on any atom is -0.370 e. The Bertz CT molecular complexity index is 405. The summed E-state index contributed by atoms with van der Waals surface area (Å²) in [6.07, 6.45) is 0.827. The van der Waals surface area contributed by atoms with Crippen molar-refractivity contribution < 1.29 is 0 Å². The van der Waals surface area contributed by atoms with Gasteiger partial charge in [0.2, 0.25) is 5.96 Å². The Morgan fingerprint density at radius 1 is 1.19 bits per heavy atom. The summed E-state index contributed by atoms with van der Waals surface area (Å²) in [4.78, 5) is 7.68. The molecule has 0 aromatic heterocycles. The van der Waals surface area contributed by atoms with Gasteiger partial charge < -0.3 is 17.2 Å². The maximum atomic E-state index is 5.48. The van der Waals surface area contributed by atoms with Crippen LogP contribution in [-0.4, -0.2) is 18.5 Å². The van der Waals surface area contributed by atoms with E-state index in [1.807, 2.05) is 12.1 Å². The van der Waals surface area contributed by atoms with E-state index in [4.69, 9.17) is 17.2 Å². The zero-order valence-electron chi connectivity index (χ0n) is 9.35. The number of aliphatic imine (C=N–C) groups is 2. The summed E-state index contributed by atoms with van der Waals surface area (Å²) in [6.45, 7) is 2.64. The highest BCUT2D eigenvalue weighted by Crippen LogP contribution is 2.07. The Morgan fingerprint density at radius 2 is 1.88 bits per heavy atom. The molecule has 0 aliphatic heterocycles. The van der Waals surface area contributed by atoms with Crippen molar-refractivity contribution >= 4 is 11.9 Å². The van der Waals surface area contributed by atoms with Crippen LogP contribution in [-0.2, 0) is 6.42 Å². The minimum atomic E-state index is -0.0721. The van der Waals surface area contributed by atoms with Gasteiger partial charge in [0.25, 0.3) is 0 Å². The maximum absolute atomic E-state index is 5.48. The Balaban J connectivity index is 2.53. The molecule has 0 amide bonds. The number of guanidine groups is 2. The van der Waals surface area contributed by atoms with Crippen molar-refractivity contribution in [2.24, 2.45) is 27.2 Å². The number of aryl methyl sites for hydroxylation is 1. The predicted molar refractivity (Wildman–Crippen MR) is 67.2 cm³/mol. The van der Waals surface area contributed by atoms with Crippen molar-refractivity contribution in [1.29, 1.82) is 0 Å². The lowest BCUT2D eigenvalue weighted by molar-refractivity contribution is 0.952. The Labute approximate surface area is 95.1 Å². The van der Waals surface area contributed by atoms with E-state index in [0.29, 0.717) is 6.54 Å². The van der Waals surface area contributed by atoms with Crippen LogP contribution in [0.2, 0.25) is 0 Å². The summed E-state index contributed by atoms with van der Waals surface area (Å²) in [5.41, 5.74) is 18.3. The first-order valence-corrected chi connectivity index (χ1v) is 5.03. The molecule has 0 aliphatic rings. The molecule has 5 heteroatoms. The number of nitrogens with zero attached hydrogens (tertiary/aromatic N) is 2. The van der Waals surface area contributed by atoms with E-state index in [2.05, 4.69) is 29.0 Å². The van der Waals surface area contributed by atoms with Gasteiger partial charge in [-0.15, -0.1) is 0 Å². The van der Waals surface area contributed by atoms with Crippen molar-refractivity contribution in [2.45, 2.75) is 13.3 Å². The topological polar surface area (TPSA) is 103 Å². The first-order valence-electron chi connectivity index (χ1n) is 5.03. The predicted octanol–water partition coefficient (Wildman–Crippen LogP) is 0.126. The molecule has 0 aliphatic carbocycles. The highest BCUT2D eigenvalue weighted by atomic mass is 15.1. The zero-order valence-corrected chi connectivity index (χ0v) is 9.35. The van der Waals surface area contributed by atoms with Gasteiger partial charge in [0.05, 0.1) is 0 Å². The number of nitrogens with two attached hydrogens (primary N) is 3. The monoisotopic (exact) mass is 219 g/mol. The highest BCUT2D eigenvalue weighted by molar-refractivity contribution is 5.92. The van der Waals surface area contributed by atoms with Crippen LogP contribution in [0.3, 0.4) is 0 Å². The lowest BCUT2D eigenvalue weighted by Crippen LogP contribution is -2.26. The van der Waals surface area contributed by atoms with E-state index < -0.39 is 0 Å². The quantitative estimate of drug-likeness (QED) is 0.497. The van der Waals surface area contributed by atoms with Crippen molar-refractivity contribution in [1.82, 2.24) is 0 Å². The summed E-state index contributed by atoms with van der Waals surface area (Å²) in [5.74, 6) is 0.0470. The second-order valence-corrected chi connectivity index (χ2v) is 3.45. The van der Waals surface area contributed by atoms with Crippen LogP contribution in [0.4, 0.5) is 0 Å². The van der Waals surface area contributed by atoms with Crippen molar-refractivity contribution in [3.05, 3.63) is 35.4 Å². The first-order chi connectivity index (χ1) is 7.59. The van der Waals surface area contributed by atoms with E-state index in [-0.39, 0.29) is 11.9 Å². The Hall–Kier alpha value is -2.04. The second kappa shape index (κ2) is 5.75. The minimum absolute atomic E-state index is 0.0721. The van der Waals surface area contributed by atoms with E-state index >= 15 is 0 Å². The fourth-order valence-electron chi connectivity index (χ4n) is 1.35. The van der Waals surface area contributed by atoms with Crippen LogP contribution in [0.5, 0.6) is 0 Å². The molecule has 0 heterocycles. The van der Waals surface area contributed by atoms with Gasteiger partial charge in [0.1, 0.15) is 0 Å². The lowest BCUT2D eigenvalue weighted by atomic mass is 10.1. The fraction of sp³-hybridized carbons (Fsp3) is 0.273. The number of hydrogen-bond donors (Lipinski definition) is 3. The van der Waals surface area contributed by atoms with Crippen LogP contribution < -0.4 is 17.2 Å². The number of hydrogen-bond acceptors (Lipinski definition) is 1. The third-order valence-corrected chi connectivity index (χ3v) is 2.16. The van der Waals surface area contributed by atoms with Crippen LogP contribution in [0.1, 0.15) is 11.1 Å².